The number of aromatic nitrogens is 3. The van der Waals surface area contributed by atoms with Crippen LogP contribution < -0.4 is 15.3 Å². The van der Waals surface area contributed by atoms with Crippen LogP contribution in [0.25, 0.3) is 0 Å². The average Bonchev–Trinajstić information content (AvgIpc) is 2.57. The Morgan fingerprint density at radius 1 is 0.545 bits per heavy atom. The van der Waals surface area contributed by atoms with Crippen molar-refractivity contribution in [2.24, 2.45) is 0 Å². The van der Waals surface area contributed by atoms with Gasteiger partial charge >= 0.3 is 0 Å². The minimum Gasteiger partial charge on any atom is -0.315 e. The first-order chi connectivity index (χ1) is 10.9. The molecule has 3 rings (SSSR count). The highest BCUT2D eigenvalue weighted by Gasteiger charge is 2.11. The van der Waals surface area contributed by atoms with Gasteiger partial charge < -0.3 is 15.3 Å². The van der Waals surface area contributed by atoms with Crippen molar-refractivity contribution in [3.8, 4) is 0 Å². The van der Waals surface area contributed by atoms with Crippen LogP contribution in [0.3, 0.4) is 0 Å². The molecule has 0 bridgehead atoms. The third-order valence-electron chi connectivity index (χ3n) is 2.67. The van der Waals surface area contributed by atoms with E-state index >= 15 is 0 Å². The second-order valence-electron chi connectivity index (χ2n) is 4.32. The van der Waals surface area contributed by atoms with E-state index in [9.17, 15) is 0 Å². The molecule has 6 nitrogen and oxygen atoms in total. The topological polar surface area (TPSA) is 74.8 Å². The summed E-state index contributed by atoms with van der Waals surface area (Å²) in [6.45, 7) is 0. The third-order valence-corrected chi connectivity index (χ3v) is 4.03. The van der Waals surface area contributed by atoms with E-state index in [1.165, 1.54) is 0 Å². The lowest BCUT2D eigenvalue weighted by molar-refractivity contribution is 1.31. The van der Waals surface area contributed by atoms with E-state index in [-0.39, 0.29) is 0 Å². The summed E-state index contributed by atoms with van der Waals surface area (Å²) in [4.78, 5) is 12.9. The molecule has 0 spiro atoms. The number of rotatable bonds is 6. The van der Waals surface area contributed by atoms with Crippen LogP contribution in [0.4, 0.5) is 17.5 Å². The molecule has 0 aliphatic heterocycles. The van der Waals surface area contributed by atoms with Gasteiger partial charge in [-0.1, -0.05) is 18.2 Å². The van der Waals surface area contributed by atoms with Crippen molar-refractivity contribution < 1.29 is 0 Å². The predicted molar refractivity (Wildman–Crippen MR) is 90.5 cm³/mol. The van der Waals surface area contributed by atoms with Gasteiger partial charge in [0.1, 0.15) is 17.5 Å². The largest absolute Gasteiger partial charge is 0.315 e. The zero-order valence-electron chi connectivity index (χ0n) is 11.7. The molecule has 0 aliphatic carbocycles. The molecule has 0 saturated heterocycles. The lowest BCUT2D eigenvalue weighted by Gasteiger charge is -2.21. The second-order valence-corrected chi connectivity index (χ2v) is 5.66. The fourth-order valence-electron chi connectivity index (χ4n) is 1.71. The van der Waals surface area contributed by atoms with Gasteiger partial charge in [-0.15, -0.1) is 0 Å². The van der Waals surface area contributed by atoms with E-state index in [1.807, 2.05) is 54.6 Å². The first-order valence-electron chi connectivity index (χ1n) is 6.73. The van der Waals surface area contributed by atoms with Gasteiger partial charge in [-0.2, -0.15) is 0 Å². The highest BCUT2D eigenvalue weighted by molar-refractivity contribution is 7.62. The van der Waals surface area contributed by atoms with Crippen molar-refractivity contribution in [2.45, 2.75) is 0 Å². The summed E-state index contributed by atoms with van der Waals surface area (Å²) in [7, 11) is -1.03. The molecule has 3 aromatic heterocycles. The van der Waals surface area contributed by atoms with Crippen LogP contribution in [-0.2, 0) is 0 Å². The molecule has 0 aromatic carbocycles. The summed E-state index contributed by atoms with van der Waals surface area (Å²) < 4.78 is 0. The molecule has 0 amide bonds. The number of hydrogen-bond acceptors (Lipinski definition) is 6. The van der Waals surface area contributed by atoms with Crippen molar-refractivity contribution in [2.75, 3.05) is 15.3 Å². The van der Waals surface area contributed by atoms with Crippen molar-refractivity contribution >= 4 is 25.8 Å². The Morgan fingerprint density at radius 2 is 0.909 bits per heavy atom. The molecule has 0 atom stereocenters. The number of hydrogen-bond donors (Lipinski definition) is 3. The maximum atomic E-state index is 4.29. The summed E-state index contributed by atoms with van der Waals surface area (Å²) >= 11 is 0. The van der Waals surface area contributed by atoms with Gasteiger partial charge in [-0.3, -0.25) is 0 Å². The predicted octanol–water partition coefficient (Wildman–Crippen LogP) is 3.73. The van der Waals surface area contributed by atoms with Crippen LogP contribution in [0.15, 0.2) is 73.2 Å². The Hall–Kier alpha value is -2.72. The summed E-state index contributed by atoms with van der Waals surface area (Å²) in [5.41, 5.74) is 0. The van der Waals surface area contributed by atoms with Gasteiger partial charge in [-0.25, -0.2) is 15.0 Å². The minimum atomic E-state index is -1.03. The molecule has 3 aromatic rings. The molecule has 7 heteroatoms. The Morgan fingerprint density at radius 3 is 1.18 bits per heavy atom. The number of nitrogens with zero attached hydrogens (tertiary/aromatic N) is 3. The number of pyridine rings is 3. The molecule has 22 heavy (non-hydrogen) atoms. The molecule has 0 radical (unpaired) electrons. The van der Waals surface area contributed by atoms with Crippen LogP contribution in [0.5, 0.6) is 0 Å². The van der Waals surface area contributed by atoms with Crippen LogP contribution in [-0.4, -0.2) is 15.0 Å². The maximum Gasteiger partial charge on any atom is 0.203 e. The van der Waals surface area contributed by atoms with Crippen LogP contribution in [0.1, 0.15) is 0 Å². The lowest BCUT2D eigenvalue weighted by Crippen LogP contribution is -2.11. The monoisotopic (exact) mass is 310 g/mol. The molecule has 3 heterocycles. The third kappa shape index (κ3) is 4.14. The highest BCUT2D eigenvalue weighted by Crippen LogP contribution is 2.35. The molecule has 110 valence electrons. The lowest BCUT2D eigenvalue weighted by atomic mass is 10.5. The smallest absolute Gasteiger partial charge is 0.203 e. The SMILES string of the molecule is c1ccc(NP(Nc2ccccn2)Nc2ccccn2)nc1. The normalized spacial score (nSPS) is 10.2. The molecule has 0 unspecified atom stereocenters. The van der Waals surface area contributed by atoms with Gasteiger partial charge in [0, 0.05) is 18.6 Å². The van der Waals surface area contributed by atoms with Crippen molar-refractivity contribution in [3.63, 3.8) is 0 Å². The van der Waals surface area contributed by atoms with Crippen LogP contribution in [0.2, 0.25) is 0 Å². The fraction of sp³-hybridized carbons (Fsp3) is 0. The van der Waals surface area contributed by atoms with E-state index in [0.29, 0.717) is 0 Å². The number of nitrogens with one attached hydrogen (secondary N) is 3. The zero-order chi connectivity index (χ0) is 15.0. The summed E-state index contributed by atoms with van der Waals surface area (Å²) in [5.74, 6) is 2.33. The molecule has 0 fully saturated rings. The highest BCUT2D eigenvalue weighted by atomic mass is 31.1. The second kappa shape index (κ2) is 7.33. The molecule has 3 N–H and O–H groups in total. The van der Waals surface area contributed by atoms with Crippen LogP contribution >= 0.6 is 8.37 Å². The first kappa shape index (κ1) is 14.2. The Kier molecular flexibility index (Phi) is 4.74. The Bertz CT molecular complexity index is 582. The Labute approximate surface area is 130 Å². The van der Waals surface area contributed by atoms with Gasteiger partial charge in [-0.05, 0) is 36.4 Å². The van der Waals surface area contributed by atoms with Gasteiger partial charge in [0.2, 0.25) is 8.37 Å². The van der Waals surface area contributed by atoms with Crippen molar-refractivity contribution in [3.05, 3.63) is 73.2 Å². The number of anilines is 3. The first-order valence-corrected chi connectivity index (χ1v) is 8.07. The van der Waals surface area contributed by atoms with Gasteiger partial charge in [0.15, 0.2) is 0 Å². The van der Waals surface area contributed by atoms with Gasteiger partial charge in [0.25, 0.3) is 0 Å². The molecular weight excluding hydrogens is 295 g/mol. The van der Waals surface area contributed by atoms with E-state index in [4.69, 9.17) is 0 Å². The van der Waals surface area contributed by atoms with E-state index < -0.39 is 8.37 Å². The van der Waals surface area contributed by atoms with Crippen molar-refractivity contribution in [1.29, 1.82) is 0 Å². The average molecular weight is 310 g/mol. The standard InChI is InChI=1S/C15H15N6P/c1-4-10-16-13(7-1)19-22(20-14-8-2-5-11-17-14)21-15-9-3-6-12-18-15/h1-12H,(H,16,19)(H,17,20)(H,18,21). The fourth-order valence-corrected chi connectivity index (χ4v) is 2.97. The van der Waals surface area contributed by atoms with Crippen LogP contribution in [0, 0.1) is 0 Å². The summed E-state index contributed by atoms with van der Waals surface area (Å²) in [6.07, 6.45) is 5.24. The van der Waals surface area contributed by atoms with Crippen molar-refractivity contribution in [1.82, 2.24) is 15.0 Å². The van der Waals surface area contributed by atoms with E-state index in [1.54, 1.807) is 18.6 Å². The minimum absolute atomic E-state index is 0.778. The molecule has 0 saturated carbocycles. The van der Waals surface area contributed by atoms with Gasteiger partial charge in [0.05, 0.1) is 0 Å². The Balaban J connectivity index is 1.75. The maximum absolute atomic E-state index is 4.29. The van der Waals surface area contributed by atoms with E-state index in [0.717, 1.165) is 17.5 Å². The summed E-state index contributed by atoms with van der Waals surface area (Å²) in [5, 5.41) is 9.98. The summed E-state index contributed by atoms with van der Waals surface area (Å²) in [6, 6.07) is 17.2. The van der Waals surface area contributed by atoms with E-state index in [2.05, 4.69) is 30.2 Å². The quantitative estimate of drug-likeness (QED) is 0.602. The molecule has 0 aliphatic rings. The zero-order valence-corrected chi connectivity index (χ0v) is 12.6. The molecular formula is C15H15N6P.